The van der Waals surface area contributed by atoms with Crippen molar-refractivity contribution in [3.63, 3.8) is 0 Å². The Balaban J connectivity index is 1.38. The SMILES string of the molecule is COc1ccc(CN2CCN(c3cc(C)nc(N4CCOCC4)n3)CC2)cc1F. The van der Waals surface area contributed by atoms with Crippen LogP contribution >= 0.6 is 0 Å². The van der Waals surface area contributed by atoms with Gasteiger partial charge in [-0.2, -0.15) is 4.98 Å². The van der Waals surface area contributed by atoms with Gasteiger partial charge in [0, 0.05) is 57.6 Å². The van der Waals surface area contributed by atoms with Crippen molar-refractivity contribution in [3.05, 3.63) is 41.3 Å². The Hall–Kier alpha value is -2.45. The molecule has 0 spiro atoms. The first-order chi connectivity index (χ1) is 14.1. The van der Waals surface area contributed by atoms with Gasteiger partial charge in [-0.15, -0.1) is 0 Å². The van der Waals surface area contributed by atoms with Crippen molar-refractivity contribution in [3.8, 4) is 5.75 Å². The summed E-state index contributed by atoms with van der Waals surface area (Å²) in [6.07, 6.45) is 0. The topological polar surface area (TPSA) is 54.0 Å². The molecule has 156 valence electrons. The first kappa shape index (κ1) is 19.8. The molecule has 8 heteroatoms. The van der Waals surface area contributed by atoms with Crippen LogP contribution in [0.4, 0.5) is 16.2 Å². The van der Waals surface area contributed by atoms with Crippen LogP contribution in [-0.2, 0) is 11.3 Å². The molecule has 2 fully saturated rings. The van der Waals surface area contributed by atoms with Gasteiger partial charge in [0.2, 0.25) is 5.95 Å². The van der Waals surface area contributed by atoms with E-state index in [4.69, 9.17) is 14.5 Å². The first-order valence-electron chi connectivity index (χ1n) is 10.1. The molecule has 0 saturated carbocycles. The highest BCUT2D eigenvalue weighted by atomic mass is 19.1. The summed E-state index contributed by atoms with van der Waals surface area (Å²) in [5, 5.41) is 0. The van der Waals surface area contributed by atoms with Crippen molar-refractivity contribution in [2.45, 2.75) is 13.5 Å². The molecule has 3 heterocycles. The standard InChI is InChI=1S/C21H28FN5O2/c1-16-13-20(24-21(23-16)27-9-11-29-12-10-27)26-7-5-25(6-8-26)15-17-3-4-19(28-2)18(22)14-17/h3-4,13-14H,5-12,15H2,1-2H3. The monoisotopic (exact) mass is 401 g/mol. The number of aromatic nitrogens is 2. The van der Waals surface area contributed by atoms with E-state index in [1.165, 1.54) is 7.11 Å². The Labute approximate surface area is 171 Å². The summed E-state index contributed by atoms with van der Waals surface area (Å²) in [7, 11) is 1.48. The highest BCUT2D eigenvalue weighted by Crippen LogP contribution is 2.22. The highest BCUT2D eigenvalue weighted by Gasteiger charge is 2.21. The minimum Gasteiger partial charge on any atom is -0.494 e. The number of hydrogen-bond donors (Lipinski definition) is 0. The molecular weight excluding hydrogens is 373 g/mol. The van der Waals surface area contributed by atoms with E-state index in [-0.39, 0.29) is 11.6 Å². The molecule has 2 aliphatic heterocycles. The molecule has 0 N–H and O–H groups in total. The normalized spacial score (nSPS) is 18.2. The molecule has 0 atom stereocenters. The number of piperazine rings is 1. The molecular formula is C21H28FN5O2. The lowest BCUT2D eigenvalue weighted by Gasteiger charge is -2.36. The average molecular weight is 401 g/mol. The van der Waals surface area contributed by atoms with Gasteiger partial charge in [-0.3, -0.25) is 4.90 Å². The minimum atomic E-state index is -0.310. The fraction of sp³-hybridized carbons (Fsp3) is 0.524. The van der Waals surface area contributed by atoms with Crippen molar-refractivity contribution < 1.29 is 13.9 Å². The molecule has 0 aliphatic carbocycles. The molecule has 2 aromatic rings. The van der Waals surface area contributed by atoms with Gasteiger partial charge in [0.15, 0.2) is 11.6 Å². The number of hydrogen-bond acceptors (Lipinski definition) is 7. The zero-order chi connectivity index (χ0) is 20.2. The zero-order valence-corrected chi connectivity index (χ0v) is 17.1. The van der Waals surface area contributed by atoms with Crippen molar-refractivity contribution >= 4 is 11.8 Å². The first-order valence-corrected chi connectivity index (χ1v) is 10.1. The molecule has 2 aliphatic rings. The number of rotatable bonds is 5. The molecule has 7 nitrogen and oxygen atoms in total. The fourth-order valence-electron chi connectivity index (χ4n) is 3.80. The van der Waals surface area contributed by atoms with Crippen molar-refractivity contribution in [1.29, 1.82) is 0 Å². The van der Waals surface area contributed by atoms with Crippen LogP contribution in [0.25, 0.3) is 0 Å². The summed E-state index contributed by atoms with van der Waals surface area (Å²) < 4.78 is 24.4. The van der Waals surface area contributed by atoms with Crippen LogP contribution in [-0.4, -0.2) is 74.5 Å². The maximum Gasteiger partial charge on any atom is 0.227 e. The van der Waals surface area contributed by atoms with E-state index in [1.807, 2.05) is 13.0 Å². The van der Waals surface area contributed by atoms with Crippen molar-refractivity contribution in [1.82, 2.24) is 14.9 Å². The molecule has 29 heavy (non-hydrogen) atoms. The number of morpholine rings is 1. The second-order valence-electron chi connectivity index (χ2n) is 7.50. The summed E-state index contributed by atoms with van der Waals surface area (Å²) in [6.45, 7) is 9.43. The largest absolute Gasteiger partial charge is 0.494 e. The molecule has 0 radical (unpaired) electrons. The summed E-state index contributed by atoms with van der Waals surface area (Å²) in [4.78, 5) is 16.3. The minimum absolute atomic E-state index is 0.286. The van der Waals surface area contributed by atoms with E-state index in [1.54, 1.807) is 12.1 Å². The lowest BCUT2D eigenvalue weighted by Crippen LogP contribution is -2.46. The van der Waals surface area contributed by atoms with Gasteiger partial charge in [0.1, 0.15) is 5.82 Å². The smallest absolute Gasteiger partial charge is 0.227 e. The highest BCUT2D eigenvalue weighted by molar-refractivity contribution is 5.46. The van der Waals surface area contributed by atoms with Gasteiger partial charge in [-0.1, -0.05) is 6.07 Å². The maximum absolute atomic E-state index is 13.9. The van der Waals surface area contributed by atoms with Crippen LogP contribution in [0.15, 0.2) is 24.3 Å². The third kappa shape index (κ3) is 4.76. The summed E-state index contributed by atoms with van der Waals surface area (Å²) in [6, 6.07) is 7.24. The summed E-state index contributed by atoms with van der Waals surface area (Å²) >= 11 is 0. The third-order valence-corrected chi connectivity index (χ3v) is 5.44. The van der Waals surface area contributed by atoms with Gasteiger partial charge in [0.05, 0.1) is 20.3 Å². The van der Waals surface area contributed by atoms with Gasteiger partial charge in [-0.05, 0) is 24.6 Å². The van der Waals surface area contributed by atoms with Crippen molar-refractivity contribution in [2.24, 2.45) is 0 Å². The van der Waals surface area contributed by atoms with Gasteiger partial charge < -0.3 is 19.3 Å². The Morgan fingerprint density at radius 2 is 1.76 bits per heavy atom. The molecule has 1 aromatic carbocycles. The number of nitrogens with zero attached hydrogens (tertiary/aromatic N) is 5. The van der Waals surface area contributed by atoms with E-state index >= 15 is 0 Å². The van der Waals surface area contributed by atoms with Crippen LogP contribution in [0.5, 0.6) is 5.75 Å². The Bertz CT molecular complexity index is 836. The Kier molecular flexibility index (Phi) is 6.10. The van der Waals surface area contributed by atoms with E-state index in [0.29, 0.717) is 0 Å². The molecule has 0 amide bonds. The Morgan fingerprint density at radius 3 is 2.45 bits per heavy atom. The number of ether oxygens (including phenoxy) is 2. The fourth-order valence-corrected chi connectivity index (χ4v) is 3.80. The van der Waals surface area contributed by atoms with Crippen LogP contribution in [0.3, 0.4) is 0 Å². The van der Waals surface area contributed by atoms with Crippen LogP contribution < -0.4 is 14.5 Å². The predicted octanol–water partition coefficient (Wildman–Crippen LogP) is 2.09. The van der Waals surface area contributed by atoms with Crippen LogP contribution in [0.1, 0.15) is 11.3 Å². The van der Waals surface area contributed by atoms with E-state index < -0.39 is 0 Å². The predicted molar refractivity (Wildman–Crippen MR) is 110 cm³/mol. The summed E-state index contributed by atoms with van der Waals surface area (Å²) in [5.74, 6) is 1.75. The number of halogens is 1. The zero-order valence-electron chi connectivity index (χ0n) is 17.1. The second kappa shape index (κ2) is 8.92. The van der Waals surface area contributed by atoms with Gasteiger partial charge in [0.25, 0.3) is 0 Å². The van der Waals surface area contributed by atoms with Gasteiger partial charge >= 0.3 is 0 Å². The quantitative estimate of drug-likeness (QED) is 0.760. The third-order valence-electron chi connectivity index (χ3n) is 5.44. The lowest BCUT2D eigenvalue weighted by atomic mass is 10.2. The molecule has 2 saturated heterocycles. The number of anilines is 2. The van der Waals surface area contributed by atoms with E-state index in [9.17, 15) is 4.39 Å². The molecule has 1 aromatic heterocycles. The molecule has 4 rings (SSSR count). The van der Waals surface area contributed by atoms with Crippen LogP contribution in [0.2, 0.25) is 0 Å². The summed E-state index contributed by atoms with van der Waals surface area (Å²) in [5.41, 5.74) is 1.94. The number of aryl methyl sites for hydroxylation is 1. The second-order valence-corrected chi connectivity index (χ2v) is 7.50. The number of methoxy groups -OCH3 is 1. The average Bonchev–Trinajstić information content (AvgIpc) is 2.75. The molecule has 0 unspecified atom stereocenters. The Morgan fingerprint density at radius 1 is 1.00 bits per heavy atom. The molecule has 0 bridgehead atoms. The van der Waals surface area contributed by atoms with Crippen LogP contribution in [0, 0.1) is 12.7 Å². The van der Waals surface area contributed by atoms with E-state index in [0.717, 1.165) is 82.1 Å². The van der Waals surface area contributed by atoms with Crippen molar-refractivity contribution in [2.75, 3.05) is 69.4 Å². The lowest BCUT2D eigenvalue weighted by molar-refractivity contribution is 0.122. The maximum atomic E-state index is 13.9. The van der Waals surface area contributed by atoms with Gasteiger partial charge in [-0.25, -0.2) is 9.37 Å². The van der Waals surface area contributed by atoms with E-state index in [2.05, 4.69) is 25.8 Å². The number of benzene rings is 1.